The zero-order chi connectivity index (χ0) is 24.4. The first-order chi connectivity index (χ1) is 17.6. The van der Waals surface area contributed by atoms with Gasteiger partial charge in [0.05, 0.1) is 31.1 Å². The smallest absolute Gasteiger partial charge is 0.188 e. The van der Waals surface area contributed by atoms with E-state index in [1.807, 2.05) is 36.5 Å². The molecule has 1 saturated carbocycles. The molecular formula is C31H38N2O2S. The Balaban J connectivity index is 1.20. The van der Waals surface area contributed by atoms with E-state index in [9.17, 15) is 5.11 Å². The van der Waals surface area contributed by atoms with Crippen LogP contribution in [0.5, 0.6) is 0 Å². The molecule has 36 heavy (non-hydrogen) atoms. The normalized spacial score (nSPS) is 28.1. The summed E-state index contributed by atoms with van der Waals surface area (Å²) in [7, 11) is 0. The third kappa shape index (κ3) is 4.78. The number of hydrogen-bond donors (Lipinski definition) is 0. The van der Waals surface area contributed by atoms with Crippen LogP contribution in [0.1, 0.15) is 67.7 Å². The molecule has 3 saturated heterocycles. The first-order valence-electron chi connectivity index (χ1n) is 13.9. The minimum absolute atomic E-state index is 0.0386. The zero-order valence-corrected chi connectivity index (χ0v) is 22.0. The summed E-state index contributed by atoms with van der Waals surface area (Å²) in [5, 5.41) is 15.3. The van der Waals surface area contributed by atoms with E-state index in [4.69, 9.17) is 4.42 Å². The topological polar surface area (TPSA) is 49.1 Å². The highest BCUT2D eigenvalue weighted by atomic mass is 32.2. The Morgan fingerprint density at radius 1 is 0.917 bits per heavy atom. The Labute approximate surface area is 219 Å². The van der Waals surface area contributed by atoms with Crippen molar-refractivity contribution in [2.75, 3.05) is 19.6 Å². The molecule has 0 unspecified atom stereocenters. The van der Waals surface area contributed by atoms with Gasteiger partial charge in [-0.2, -0.15) is 0 Å². The number of quaternary nitrogens is 1. The largest absolute Gasteiger partial charge is 0.839 e. The van der Waals surface area contributed by atoms with Gasteiger partial charge >= 0.3 is 0 Å². The third-order valence-electron chi connectivity index (χ3n) is 9.09. The summed E-state index contributed by atoms with van der Waals surface area (Å²) < 4.78 is 7.50. The van der Waals surface area contributed by atoms with Crippen molar-refractivity contribution in [1.29, 1.82) is 0 Å². The van der Waals surface area contributed by atoms with Crippen LogP contribution in [0.15, 0.2) is 71.3 Å². The minimum Gasteiger partial charge on any atom is -0.839 e. The molecule has 4 heterocycles. The molecule has 5 heteroatoms. The first-order valence-corrected chi connectivity index (χ1v) is 14.9. The van der Waals surface area contributed by atoms with E-state index < -0.39 is 5.60 Å². The summed E-state index contributed by atoms with van der Waals surface area (Å²) in [5.74, 6) is 3.24. The number of nitrogens with zero attached hydrogens (tertiary/aromatic N) is 2. The van der Waals surface area contributed by atoms with Crippen molar-refractivity contribution in [1.82, 2.24) is 4.98 Å². The molecule has 0 N–H and O–H groups in total. The number of piperidine rings is 3. The molecule has 0 amide bonds. The molecule has 0 spiro atoms. The standard InChI is InChI=1S/C31H38N2O2S/c34-31(26-12-6-2-7-13-26,27-14-8-3-9-15-27)30-32-20-28(35-30)21-33-18-16-25(17-19-33)29(22-33)36-23-24-10-4-1-5-11-24/h1-2,4-7,10-13,20,25,27,29H,3,8-9,14-19,21-23H2/t25?,29-,31-,33?/m0/s1. The Kier molecular flexibility index (Phi) is 6.98. The third-order valence-corrected chi connectivity index (χ3v) is 10.6. The fourth-order valence-corrected chi connectivity index (χ4v) is 8.59. The number of rotatable bonds is 8. The van der Waals surface area contributed by atoms with Gasteiger partial charge in [-0.1, -0.05) is 92.8 Å². The van der Waals surface area contributed by atoms with Crippen LogP contribution in [-0.2, 0) is 17.9 Å². The van der Waals surface area contributed by atoms with Gasteiger partial charge in [0.25, 0.3) is 0 Å². The molecule has 3 aliphatic heterocycles. The number of fused-ring (bicyclic) bond motifs is 3. The fourth-order valence-electron chi connectivity index (χ4n) is 7.02. The Bertz CT molecular complexity index is 1120. The first kappa shape index (κ1) is 24.3. The van der Waals surface area contributed by atoms with Crippen molar-refractivity contribution in [2.24, 2.45) is 11.8 Å². The lowest BCUT2D eigenvalue weighted by molar-refractivity contribution is -0.954. The second kappa shape index (κ2) is 10.4. The Morgan fingerprint density at radius 2 is 1.61 bits per heavy atom. The van der Waals surface area contributed by atoms with Gasteiger partial charge in [0, 0.05) is 18.6 Å². The van der Waals surface area contributed by atoms with Gasteiger partial charge in [-0.3, -0.25) is 0 Å². The van der Waals surface area contributed by atoms with Crippen molar-refractivity contribution in [3.05, 3.63) is 89.6 Å². The van der Waals surface area contributed by atoms with Crippen LogP contribution in [0, 0.1) is 11.8 Å². The van der Waals surface area contributed by atoms with Crippen molar-refractivity contribution in [2.45, 2.75) is 68.1 Å². The molecule has 3 aromatic rings. The van der Waals surface area contributed by atoms with Crippen LogP contribution in [0.25, 0.3) is 0 Å². The number of thioether (sulfide) groups is 1. The molecule has 7 rings (SSSR count). The second-order valence-corrected chi connectivity index (χ2v) is 12.6. The maximum Gasteiger partial charge on any atom is 0.188 e. The molecule has 1 aromatic heterocycles. The molecule has 2 bridgehead atoms. The molecule has 4 nitrogen and oxygen atoms in total. The maximum absolute atomic E-state index is 14.6. The highest BCUT2D eigenvalue weighted by Crippen LogP contribution is 2.44. The lowest BCUT2D eigenvalue weighted by Gasteiger charge is -2.52. The van der Waals surface area contributed by atoms with Gasteiger partial charge in [-0.15, -0.1) is 11.8 Å². The predicted octanol–water partition coefficient (Wildman–Crippen LogP) is 5.90. The van der Waals surface area contributed by atoms with Crippen LogP contribution in [0.4, 0.5) is 0 Å². The van der Waals surface area contributed by atoms with Gasteiger partial charge in [0.1, 0.15) is 6.54 Å². The highest BCUT2D eigenvalue weighted by Gasteiger charge is 2.46. The van der Waals surface area contributed by atoms with E-state index in [0.29, 0.717) is 11.1 Å². The predicted molar refractivity (Wildman–Crippen MR) is 143 cm³/mol. The van der Waals surface area contributed by atoms with E-state index in [2.05, 4.69) is 47.1 Å². The number of oxazole rings is 1. The number of benzene rings is 2. The van der Waals surface area contributed by atoms with Gasteiger partial charge in [-0.05, 0) is 28.6 Å². The molecule has 2 atom stereocenters. The Hall–Kier alpha value is -2.08. The lowest BCUT2D eigenvalue weighted by Crippen LogP contribution is -2.62. The lowest BCUT2D eigenvalue weighted by atomic mass is 9.73. The van der Waals surface area contributed by atoms with Gasteiger partial charge in [0.2, 0.25) is 0 Å². The summed E-state index contributed by atoms with van der Waals surface area (Å²) in [6, 6.07) is 20.7. The summed E-state index contributed by atoms with van der Waals surface area (Å²) in [6.45, 7) is 4.49. The number of hydrogen-bond acceptors (Lipinski definition) is 4. The average Bonchev–Trinajstić information content (AvgIpc) is 3.42. The summed E-state index contributed by atoms with van der Waals surface area (Å²) in [6.07, 6.45) is 9.85. The summed E-state index contributed by atoms with van der Waals surface area (Å²) in [5.41, 5.74) is 0.817. The van der Waals surface area contributed by atoms with Crippen LogP contribution in [0.2, 0.25) is 0 Å². The average molecular weight is 503 g/mol. The van der Waals surface area contributed by atoms with Crippen molar-refractivity contribution >= 4 is 11.8 Å². The van der Waals surface area contributed by atoms with E-state index in [-0.39, 0.29) is 5.92 Å². The van der Waals surface area contributed by atoms with E-state index in [1.54, 1.807) is 0 Å². The summed E-state index contributed by atoms with van der Waals surface area (Å²) in [4.78, 5) is 4.68. The van der Waals surface area contributed by atoms with Crippen LogP contribution >= 0.6 is 11.8 Å². The quantitative estimate of drug-likeness (QED) is 0.360. The van der Waals surface area contributed by atoms with Gasteiger partial charge < -0.3 is 14.0 Å². The number of aromatic nitrogens is 1. The summed E-state index contributed by atoms with van der Waals surface area (Å²) >= 11 is 2.14. The van der Waals surface area contributed by atoms with Crippen molar-refractivity contribution in [3.8, 4) is 0 Å². The Morgan fingerprint density at radius 3 is 2.33 bits per heavy atom. The molecule has 4 fully saturated rings. The van der Waals surface area contributed by atoms with E-state index in [0.717, 1.165) is 59.7 Å². The SMILES string of the molecule is [O-][C@](c1ccccc1)(c1ncc(C[N+]23CCC(CC2)[C@@H](SCc2ccccc2)C3)o1)C1CCCCC1. The van der Waals surface area contributed by atoms with Crippen LogP contribution in [-0.4, -0.2) is 34.4 Å². The molecule has 190 valence electrons. The minimum atomic E-state index is -1.40. The van der Waals surface area contributed by atoms with Gasteiger partial charge in [0.15, 0.2) is 11.7 Å². The monoisotopic (exact) mass is 502 g/mol. The van der Waals surface area contributed by atoms with Crippen molar-refractivity contribution in [3.63, 3.8) is 0 Å². The second-order valence-electron chi connectivity index (χ2n) is 11.4. The van der Waals surface area contributed by atoms with Crippen molar-refractivity contribution < 1.29 is 14.0 Å². The van der Waals surface area contributed by atoms with E-state index >= 15 is 0 Å². The van der Waals surface area contributed by atoms with E-state index in [1.165, 1.54) is 44.5 Å². The zero-order valence-electron chi connectivity index (χ0n) is 21.2. The van der Waals surface area contributed by atoms with Crippen LogP contribution in [0.3, 0.4) is 0 Å². The molecule has 2 aromatic carbocycles. The molecule has 0 radical (unpaired) electrons. The van der Waals surface area contributed by atoms with Gasteiger partial charge in [-0.25, -0.2) is 4.98 Å². The molecular weight excluding hydrogens is 464 g/mol. The van der Waals surface area contributed by atoms with Crippen LogP contribution < -0.4 is 5.11 Å². The fraction of sp³-hybridized carbons (Fsp3) is 0.516. The molecule has 4 aliphatic rings. The maximum atomic E-state index is 14.6. The molecule has 1 aliphatic carbocycles. The highest BCUT2D eigenvalue weighted by molar-refractivity contribution is 7.99.